The molecule has 3 aromatic rings. The number of benzene rings is 2. The standard InChI is InChI=1S/C19H19N3O4S/c1-11-8-12(2)18-14(9-11)16(6-7-21-18)22-19(23)15-10-13(27(20,24)25)4-5-17(15)26-3/h4-10H,1-3H3,(H2,20,24,25)(H,21,22,23). The molecule has 1 amide bonds. The molecule has 1 aromatic heterocycles. The van der Waals surface area contributed by atoms with Crippen molar-refractivity contribution >= 4 is 32.5 Å². The second kappa shape index (κ2) is 6.98. The molecule has 27 heavy (non-hydrogen) atoms. The lowest BCUT2D eigenvalue weighted by Gasteiger charge is -2.13. The van der Waals surface area contributed by atoms with Gasteiger partial charge in [0.25, 0.3) is 5.91 Å². The Kier molecular flexibility index (Phi) is 4.86. The Morgan fingerprint density at radius 3 is 2.56 bits per heavy atom. The van der Waals surface area contributed by atoms with Gasteiger partial charge in [0.1, 0.15) is 5.75 Å². The Hall–Kier alpha value is -2.97. The summed E-state index contributed by atoms with van der Waals surface area (Å²) in [5.74, 6) is -0.269. The lowest BCUT2D eigenvalue weighted by atomic mass is 10.1. The van der Waals surface area contributed by atoms with Crippen LogP contribution >= 0.6 is 0 Å². The fourth-order valence-corrected chi connectivity index (χ4v) is 3.49. The molecule has 0 atom stereocenters. The van der Waals surface area contributed by atoms with Crippen molar-refractivity contribution in [3.63, 3.8) is 0 Å². The summed E-state index contributed by atoms with van der Waals surface area (Å²) >= 11 is 0. The van der Waals surface area contributed by atoms with Crippen molar-refractivity contribution in [2.75, 3.05) is 12.4 Å². The summed E-state index contributed by atoms with van der Waals surface area (Å²) < 4.78 is 28.4. The number of primary sulfonamides is 1. The smallest absolute Gasteiger partial charge is 0.259 e. The van der Waals surface area contributed by atoms with Crippen LogP contribution in [0.25, 0.3) is 10.9 Å². The zero-order chi connectivity index (χ0) is 19.8. The van der Waals surface area contributed by atoms with E-state index in [0.29, 0.717) is 5.69 Å². The molecule has 0 bridgehead atoms. The maximum absolute atomic E-state index is 12.8. The number of pyridine rings is 1. The van der Waals surface area contributed by atoms with E-state index in [1.165, 1.54) is 25.3 Å². The molecule has 0 saturated heterocycles. The molecule has 7 nitrogen and oxygen atoms in total. The number of sulfonamides is 1. The molecule has 3 rings (SSSR count). The van der Waals surface area contributed by atoms with Crippen LogP contribution in [0.4, 0.5) is 5.69 Å². The number of anilines is 1. The number of hydrogen-bond donors (Lipinski definition) is 2. The minimum Gasteiger partial charge on any atom is -0.496 e. The van der Waals surface area contributed by atoms with E-state index in [2.05, 4.69) is 10.3 Å². The first-order valence-corrected chi connectivity index (χ1v) is 9.63. The average Bonchev–Trinajstić information content (AvgIpc) is 2.61. The Morgan fingerprint density at radius 2 is 1.89 bits per heavy atom. The van der Waals surface area contributed by atoms with Crippen LogP contribution < -0.4 is 15.2 Å². The lowest BCUT2D eigenvalue weighted by molar-refractivity contribution is 0.102. The zero-order valence-corrected chi connectivity index (χ0v) is 15.9. The largest absolute Gasteiger partial charge is 0.496 e. The highest BCUT2D eigenvalue weighted by molar-refractivity contribution is 7.89. The average molecular weight is 385 g/mol. The summed E-state index contributed by atoms with van der Waals surface area (Å²) in [4.78, 5) is 17.0. The van der Waals surface area contributed by atoms with Crippen LogP contribution in [0.15, 0.2) is 47.5 Å². The number of amides is 1. The van der Waals surface area contributed by atoms with Gasteiger partial charge in [-0.05, 0) is 49.7 Å². The van der Waals surface area contributed by atoms with Gasteiger partial charge in [-0.2, -0.15) is 0 Å². The first-order valence-electron chi connectivity index (χ1n) is 8.09. The maximum atomic E-state index is 12.8. The van der Waals surface area contributed by atoms with Gasteiger partial charge < -0.3 is 10.1 Å². The fraction of sp³-hybridized carbons (Fsp3) is 0.158. The quantitative estimate of drug-likeness (QED) is 0.717. The molecule has 0 radical (unpaired) electrons. The van der Waals surface area contributed by atoms with Crippen molar-refractivity contribution in [3.05, 3.63) is 59.3 Å². The Labute approximate surface area is 157 Å². The Morgan fingerprint density at radius 1 is 1.15 bits per heavy atom. The van der Waals surface area contributed by atoms with Crippen LogP contribution in [-0.4, -0.2) is 26.4 Å². The van der Waals surface area contributed by atoms with E-state index < -0.39 is 15.9 Å². The number of hydrogen-bond acceptors (Lipinski definition) is 5. The van der Waals surface area contributed by atoms with Crippen molar-refractivity contribution in [1.29, 1.82) is 0 Å². The summed E-state index contributed by atoms with van der Waals surface area (Å²) in [6.45, 7) is 3.91. The molecule has 0 fully saturated rings. The number of nitrogens with one attached hydrogen (secondary N) is 1. The van der Waals surface area contributed by atoms with E-state index in [4.69, 9.17) is 9.88 Å². The fourth-order valence-electron chi connectivity index (χ4n) is 2.95. The summed E-state index contributed by atoms with van der Waals surface area (Å²) in [6.07, 6.45) is 1.61. The maximum Gasteiger partial charge on any atom is 0.259 e. The number of aromatic nitrogens is 1. The molecule has 140 valence electrons. The van der Waals surface area contributed by atoms with Crippen molar-refractivity contribution in [3.8, 4) is 5.75 Å². The normalized spacial score (nSPS) is 11.4. The highest BCUT2D eigenvalue weighted by atomic mass is 32.2. The topological polar surface area (TPSA) is 111 Å². The van der Waals surface area contributed by atoms with Gasteiger partial charge in [-0.3, -0.25) is 9.78 Å². The van der Waals surface area contributed by atoms with Gasteiger partial charge in [0.2, 0.25) is 10.0 Å². The number of carbonyl (C=O) groups is 1. The number of nitrogens with zero attached hydrogens (tertiary/aromatic N) is 1. The van der Waals surface area contributed by atoms with Crippen LogP contribution in [-0.2, 0) is 10.0 Å². The molecule has 0 unspecified atom stereocenters. The first kappa shape index (κ1) is 18.8. The summed E-state index contributed by atoms with van der Waals surface area (Å²) in [5.41, 5.74) is 3.45. The van der Waals surface area contributed by atoms with Crippen LogP contribution in [0, 0.1) is 13.8 Å². The lowest BCUT2D eigenvalue weighted by Crippen LogP contribution is -2.17. The van der Waals surface area contributed by atoms with Crippen molar-refractivity contribution in [2.24, 2.45) is 5.14 Å². The minimum atomic E-state index is -3.95. The van der Waals surface area contributed by atoms with Crippen LogP contribution in [0.1, 0.15) is 21.5 Å². The van der Waals surface area contributed by atoms with Gasteiger partial charge in [0, 0.05) is 11.6 Å². The number of nitrogens with two attached hydrogens (primary N) is 1. The molecular weight excluding hydrogens is 366 g/mol. The third kappa shape index (κ3) is 3.76. The van der Waals surface area contributed by atoms with Crippen molar-refractivity contribution in [2.45, 2.75) is 18.7 Å². The molecule has 8 heteroatoms. The third-order valence-electron chi connectivity index (χ3n) is 4.17. The van der Waals surface area contributed by atoms with Crippen LogP contribution in [0.5, 0.6) is 5.75 Å². The Bertz CT molecular complexity index is 1160. The third-order valence-corrected chi connectivity index (χ3v) is 5.08. The van der Waals surface area contributed by atoms with E-state index in [1.54, 1.807) is 12.3 Å². The first-order chi connectivity index (χ1) is 12.7. The predicted molar refractivity (Wildman–Crippen MR) is 104 cm³/mol. The van der Waals surface area contributed by atoms with Crippen molar-refractivity contribution in [1.82, 2.24) is 4.98 Å². The number of methoxy groups -OCH3 is 1. The van der Waals surface area contributed by atoms with E-state index in [0.717, 1.165) is 22.0 Å². The number of rotatable bonds is 4. The molecule has 0 aliphatic heterocycles. The van der Waals surface area contributed by atoms with Gasteiger partial charge in [0.05, 0.1) is 28.8 Å². The highest BCUT2D eigenvalue weighted by Crippen LogP contribution is 2.28. The summed E-state index contributed by atoms with van der Waals surface area (Å²) in [6, 6.07) is 9.52. The minimum absolute atomic E-state index is 0.0679. The molecule has 0 saturated carbocycles. The molecule has 2 aromatic carbocycles. The molecular formula is C19H19N3O4S. The second-order valence-corrected chi connectivity index (χ2v) is 7.76. The summed E-state index contributed by atoms with van der Waals surface area (Å²) in [7, 11) is -2.55. The molecule has 1 heterocycles. The van der Waals surface area contributed by atoms with E-state index in [-0.39, 0.29) is 16.2 Å². The predicted octanol–water partition coefficient (Wildman–Crippen LogP) is 2.76. The second-order valence-electron chi connectivity index (χ2n) is 6.20. The Balaban J connectivity index is 2.07. The van der Waals surface area contributed by atoms with E-state index in [9.17, 15) is 13.2 Å². The SMILES string of the molecule is COc1ccc(S(N)(=O)=O)cc1C(=O)Nc1ccnc2c(C)cc(C)cc12. The van der Waals surface area contributed by atoms with Gasteiger partial charge >= 0.3 is 0 Å². The molecule has 0 aliphatic rings. The zero-order valence-electron chi connectivity index (χ0n) is 15.1. The number of aryl methyl sites for hydroxylation is 2. The van der Waals surface area contributed by atoms with Crippen LogP contribution in [0.2, 0.25) is 0 Å². The van der Waals surface area contributed by atoms with Crippen molar-refractivity contribution < 1.29 is 17.9 Å². The van der Waals surface area contributed by atoms with Gasteiger partial charge in [-0.1, -0.05) is 11.6 Å². The number of fused-ring (bicyclic) bond motifs is 1. The molecule has 0 aliphatic carbocycles. The number of ether oxygens (including phenoxy) is 1. The monoisotopic (exact) mass is 385 g/mol. The summed E-state index contributed by atoms with van der Waals surface area (Å²) in [5, 5.41) is 8.78. The van der Waals surface area contributed by atoms with E-state index in [1.807, 2.05) is 26.0 Å². The van der Waals surface area contributed by atoms with Crippen LogP contribution in [0.3, 0.4) is 0 Å². The van der Waals surface area contributed by atoms with Gasteiger partial charge in [-0.15, -0.1) is 0 Å². The van der Waals surface area contributed by atoms with E-state index >= 15 is 0 Å². The number of carbonyl (C=O) groups excluding carboxylic acids is 1. The highest BCUT2D eigenvalue weighted by Gasteiger charge is 2.18. The molecule has 3 N–H and O–H groups in total. The van der Waals surface area contributed by atoms with Gasteiger partial charge in [-0.25, -0.2) is 13.6 Å². The van der Waals surface area contributed by atoms with Gasteiger partial charge in [0.15, 0.2) is 0 Å². The molecule has 0 spiro atoms.